The van der Waals surface area contributed by atoms with Gasteiger partial charge in [-0.3, -0.25) is 9.36 Å². The first-order valence-electron chi connectivity index (χ1n) is 8.31. The summed E-state index contributed by atoms with van der Waals surface area (Å²) in [5, 5.41) is 11.9. The first kappa shape index (κ1) is 18.9. The highest BCUT2D eigenvalue weighted by Gasteiger charge is 2.17. The maximum absolute atomic E-state index is 12.9. The zero-order valence-electron chi connectivity index (χ0n) is 14.8. The minimum atomic E-state index is -0.300. The van der Waals surface area contributed by atoms with Gasteiger partial charge in [0, 0.05) is 13.1 Å². The monoisotopic (exact) mass is 386 g/mol. The molecule has 3 aromatic rings. The molecule has 0 atom stereocenters. The number of hydrogen-bond acceptors (Lipinski definition) is 5. The lowest BCUT2D eigenvalue weighted by Crippen LogP contribution is -2.24. The Hall–Kier alpha value is -2.87. The van der Waals surface area contributed by atoms with Crippen molar-refractivity contribution in [3.05, 3.63) is 66.4 Å². The van der Waals surface area contributed by atoms with Crippen LogP contribution in [0.2, 0.25) is 0 Å². The van der Waals surface area contributed by atoms with Crippen molar-refractivity contribution >= 4 is 17.7 Å². The molecule has 0 fully saturated rings. The largest absolute Gasteiger partial charge is 0.469 e. The highest BCUT2D eigenvalue weighted by Crippen LogP contribution is 2.27. The van der Waals surface area contributed by atoms with E-state index in [9.17, 15) is 9.18 Å². The van der Waals surface area contributed by atoms with Crippen LogP contribution in [0.3, 0.4) is 0 Å². The van der Waals surface area contributed by atoms with E-state index in [1.54, 1.807) is 24.5 Å². The first-order chi connectivity index (χ1) is 13.1. The summed E-state index contributed by atoms with van der Waals surface area (Å²) in [6.45, 7) is 6.50. The second-order valence-electron chi connectivity index (χ2n) is 5.79. The fraction of sp³-hybridized carbons (Fsp3) is 0.211. The summed E-state index contributed by atoms with van der Waals surface area (Å²) >= 11 is 1.30. The number of nitrogens with one attached hydrogen (secondary N) is 1. The summed E-state index contributed by atoms with van der Waals surface area (Å²) < 4.78 is 20.1. The number of carbonyl (C=O) groups excluding carboxylic acids is 1. The molecular weight excluding hydrogens is 367 g/mol. The number of aromatic nitrogens is 3. The minimum Gasteiger partial charge on any atom is -0.469 e. The molecule has 6 nitrogen and oxygen atoms in total. The van der Waals surface area contributed by atoms with Crippen molar-refractivity contribution in [2.75, 3.05) is 5.75 Å². The van der Waals surface area contributed by atoms with Gasteiger partial charge in [0.15, 0.2) is 11.0 Å². The Morgan fingerprint density at radius 3 is 2.78 bits per heavy atom. The van der Waals surface area contributed by atoms with Gasteiger partial charge in [0.05, 0.1) is 17.6 Å². The first-order valence-corrected chi connectivity index (χ1v) is 9.29. The van der Waals surface area contributed by atoms with Crippen LogP contribution in [0.25, 0.3) is 11.4 Å². The van der Waals surface area contributed by atoms with Crippen LogP contribution < -0.4 is 5.32 Å². The standard InChI is InChI=1S/C19H19FN4O2S/c1-3-9-24-18(16-8-10-26-13(16)2)22-23-19(24)27-12-17(25)21-11-14-4-6-15(20)7-5-14/h3-8,10H,1,9,11-12H2,2H3,(H,21,25). The molecule has 2 heterocycles. The normalized spacial score (nSPS) is 10.7. The summed E-state index contributed by atoms with van der Waals surface area (Å²) in [4.78, 5) is 12.1. The van der Waals surface area contributed by atoms with Crippen LogP contribution in [0.1, 0.15) is 11.3 Å². The molecule has 8 heteroatoms. The Morgan fingerprint density at radius 1 is 1.33 bits per heavy atom. The van der Waals surface area contributed by atoms with Gasteiger partial charge >= 0.3 is 0 Å². The van der Waals surface area contributed by atoms with Crippen LogP contribution >= 0.6 is 11.8 Å². The molecule has 27 heavy (non-hydrogen) atoms. The van der Waals surface area contributed by atoms with Gasteiger partial charge in [-0.25, -0.2) is 4.39 Å². The summed E-state index contributed by atoms with van der Waals surface area (Å²) in [6.07, 6.45) is 3.36. The molecule has 1 aromatic carbocycles. The summed E-state index contributed by atoms with van der Waals surface area (Å²) in [6, 6.07) is 7.86. The molecular formula is C19H19FN4O2S. The second kappa shape index (κ2) is 8.68. The Labute approximate surface area is 160 Å². The lowest BCUT2D eigenvalue weighted by molar-refractivity contribution is -0.118. The Bertz CT molecular complexity index is 934. The van der Waals surface area contributed by atoms with E-state index in [1.165, 1.54) is 23.9 Å². The van der Waals surface area contributed by atoms with Crippen molar-refractivity contribution in [3.63, 3.8) is 0 Å². The van der Waals surface area contributed by atoms with E-state index in [-0.39, 0.29) is 17.5 Å². The maximum Gasteiger partial charge on any atom is 0.230 e. The van der Waals surface area contributed by atoms with E-state index >= 15 is 0 Å². The average molecular weight is 386 g/mol. The number of amides is 1. The number of thioether (sulfide) groups is 1. The SMILES string of the molecule is C=CCn1c(SCC(=O)NCc2ccc(F)cc2)nnc1-c1ccoc1C. The molecule has 0 radical (unpaired) electrons. The number of benzene rings is 1. The van der Waals surface area contributed by atoms with E-state index in [0.717, 1.165) is 16.9 Å². The number of aryl methyl sites for hydroxylation is 1. The fourth-order valence-corrected chi connectivity index (χ4v) is 3.27. The number of rotatable bonds is 8. The molecule has 0 aliphatic carbocycles. The van der Waals surface area contributed by atoms with Crippen LogP contribution in [-0.2, 0) is 17.9 Å². The summed E-state index contributed by atoms with van der Waals surface area (Å²) in [5.41, 5.74) is 1.69. The number of carbonyl (C=O) groups is 1. The minimum absolute atomic E-state index is 0.140. The topological polar surface area (TPSA) is 73.0 Å². The Balaban J connectivity index is 1.62. The number of allylic oxidation sites excluding steroid dienone is 1. The molecule has 0 unspecified atom stereocenters. The molecule has 0 aliphatic heterocycles. The van der Waals surface area contributed by atoms with E-state index in [2.05, 4.69) is 22.1 Å². The summed E-state index contributed by atoms with van der Waals surface area (Å²) in [7, 11) is 0. The second-order valence-corrected chi connectivity index (χ2v) is 6.73. The molecule has 140 valence electrons. The quantitative estimate of drug-likeness (QED) is 0.473. The molecule has 0 saturated heterocycles. The smallest absolute Gasteiger partial charge is 0.230 e. The van der Waals surface area contributed by atoms with Gasteiger partial charge in [-0.1, -0.05) is 30.0 Å². The summed E-state index contributed by atoms with van der Waals surface area (Å²) in [5.74, 6) is 1.18. The highest BCUT2D eigenvalue weighted by molar-refractivity contribution is 7.99. The molecule has 2 aromatic heterocycles. The van der Waals surface area contributed by atoms with E-state index in [4.69, 9.17) is 4.42 Å². The Morgan fingerprint density at radius 2 is 2.11 bits per heavy atom. The molecule has 0 aliphatic rings. The lowest BCUT2D eigenvalue weighted by Gasteiger charge is -2.08. The third kappa shape index (κ3) is 4.65. The van der Waals surface area contributed by atoms with Crippen LogP contribution in [0.4, 0.5) is 4.39 Å². The molecule has 1 N–H and O–H groups in total. The highest BCUT2D eigenvalue weighted by atomic mass is 32.2. The zero-order chi connectivity index (χ0) is 19.2. The predicted molar refractivity (Wildman–Crippen MR) is 102 cm³/mol. The van der Waals surface area contributed by atoms with Gasteiger partial charge in [0.1, 0.15) is 11.6 Å². The van der Waals surface area contributed by atoms with Crippen LogP contribution in [0.5, 0.6) is 0 Å². The third-order valence-corrected chi connectivity index (χ3v) is 4.83. The van der Waals surface area contributed by atoms with Crippen molar-refractivity contribution in [2.45, 2.75) is 25.2 Å². The van der Waals surface area contributed by atoms with Gasteiger partial charge in [-0.2, -0.15) is 0 Å². The van der Waals surface area contributed by atoms with Gasteiger partial charge < -0.3 is 9.73 Å². The van der Waals surface area contributed by atoms with Gasteiger partial charge in [-0.05, 0) is 30.7 Å². The van der Waals surface area contributed by atoms with Gasteiger partial charge in [0.2, 0.25) is 5.91 Å². The molecule has 0 bridgehead atoms. The fourth-order valence-electron chi connectivity index (χ4n) is 2.49. The van der Waals surface area contributed by atoms with Crippen molar-refractivity contribution in [1.29, 1.82) is 0 Å². The average Bonchev–Trinajstić information content (AvgIpc) is 3.25. The molecule has 0 spiro atoms. The molecule has 3 rings (SSSR count). The third-order valence-electron chi connectivity index (χ3n) is 3.86. The van der Waals surface area contributed by atoms with Crippen LogP contribution in [0.15, 0.2) is 58.8 Å². The molecule has 0 saturated carbocycles. The van der Waals surface area contributed by atoms with E-state index in [0.29, 0.717) is 24.1 Å². The van der Waals surface area contributed by atoms with E-state index < -0.39 is 0 Å². The number of hydrogen-bond donors (Lipinski definition) is 1. The van der Waals surface area contributed by atoms with Gasteiger partial charge in [-0.15, -0.1) is 16.8 Å². The van der Waals surface area contributed by atoms with Crippen LogP contribution in [-0.4, -0.2) is 26.4 Å². The number of furan rings is 1. The number of halogens is 1. The van der Waals surface area contributed by atoms with Crippen molar-refractivity contribution in [1.82, 2.24) is 20.1 Å². The van der Waals surface area contributed by atoms with Crippen molar-refractivity contribution in [3.8, 4) is 11.4 Å². The zero-order valence-corrected chi connectivity index (χ0v) is 15.6. The predicted octanol–water partition coefficient (Wildman–Crippen LogP) is 3.58. The van der Waals surface area contributed by atoms with Crippen LogP contribution in [0, 0.1) is 12.7 Å². The van der Waals surface area contributed by atoms with Crippen molar-refractivity contribution < 1.29 is 13.6 Å². The Kier molecular flexibility index (Phi) is 6.08. The van der Waals surface area contributed by atoms with Gasteiger partial charge in [0.25, 0.3) is 0 Å². The molecule has 1 amide bonds. The maximum atomic E-state index is 12.9. The lowest BCUT2D eigenvalue weighted by atomic mass is 10.2. The van der Waals surface area contributed by atoms with E-state index in [1.807, 2.05) is 17.6 Å². The number of nitrogens with zero attached hydrogens (tertiary/aromatic N) is 3. The van der Waals surface area contributed by atoms with Crippen molar-refractivity contribution in [2.24, 2.45) is 0 Å².